The van der Waals surface area contributed by atoms with E-state index in [0.29, 0.717) is 28.1 Å². The monoisotopic (exact) mass is 547 g/mol. The minimum atomic E-state index is -4.23. The van der Waals surface area contributed by atoms with Crippen LogP contribution in [0.4, 0.5) is 11.4 Å². The molecule has 3 amide bonds. The average molecular weight is 548 g/mol. The number of rotatable bonds is 7. The smallest absolute Gasteiger partial charge is 0.252 e. The second-order valence-electron chi connectivity index (χ2n) is 10.0. The van der Waals surface area contributed by atoms with Crippen LogP contribution in [0.25, 0.3) is 0 Å². The molecular formula is C30H33N3O5S. The van der Waals surface area contributed by atoms with Crippen molar-refractivity contribution >= 4 is 39.1 Å². The number of hydrogen-bond acceptors (Lipinski definition) is 5. The minimum absolute atomic E-state index is 0.168. The van der Waals surface area contributed by atoms with Crippen LogP contribution in [0.1, 0.15) is 54.1 Å². The molecule has 0 spiro atoms. The zero-order valence-corrected chi connectivity index (χ0v) is 23.8. The largest absolute Gasteiger partial charge is 0.326 e. The van der Waals surface area contributed by atoms with Crippen molar-refractivity contribution in [1.82, 2.24) is 4.31 Å². The zero-order chi connectivity index (χ0) is 28.6. The van der Waals surface area contributed by atoms with Gasteiger partial charge in [-0.05, 0) is 86.7 Å². The molecule has 3 aromatic rings. The molecule has 1 saturated heterocycles. The van der Waals surface area contributed by atoms with Crippen molar-refractivity contribution in [2.75, 3.05) is 10.2 Å². The van der Waals surface area contributed by atoms with Crippen molar-refractivity contribution in [3.63, 3.8) is 0 Å². The van der Waals surface area contributed by atoms with Crippen LogP contribution in [0, 0.1) is 27.7 Å². The van der Waals surface area contributed by atoms with E-state index in [0.717, 1.165) is 16.0 Å². The molecule has 3 aromatic carbocycles. The molecule has 1 aliphatic rings. The van der Waals surface area contributed by atoms with E-state index >= 15 is 0 Å². The molecule has 0 saturated carbocycles. The molecular weight excluding hydrogens is 514 g/mol. The lowest BCUT2D eigenvalue weighted by Crippen LogP contribution is -2.47. The number of carbonyl (C=O) groups is 3. The summed E-state index contributed by atoms with van der Waals surface area (Å²) in [6.07, 6.45) is -0.286. The van der Waals surface area contributed by atoms with E-state index in [-0.39, 0.29) is 17.2 Å². The van der Waals surface area contributed by atoms with E-state index in [4.69, 9.17) is 0 Å². The maximum absolute atomic E-state index is 14.5. The number of nitrogens with one attached hydrogen (secondary N) is 1. The van der Waals surface area contributed by atoms with Crippen LogP contribution in [-0.4, -0.2) is 36.5 Å². The van der Waals surface area contributed by atoms with Crippen molar-refractivity contribution in [1.29, 1.82) is 0 Å². The molecule has 1 heterocycles. The third-order valence-electron chi connectivity index (χ3n) is 7.37. The summed E-state index contributed by atoms with van der Waals surface area (Å²) < 4.78 is 30.3. The fourth-order valence-corrected chi connectivity index (χ4v) is 7.52. The normalized spacial score (nSPS) is 16.6. The van der Waals surface area contributed by atoms with Crippen molar-refractivity contribution in [3.8, 4) is 0 Å². The SMILES string of the molecule is CC(=O)Nc1ccc(N2C(=O)CC(N(C(C)c3ccccc3)S(=O)(=O)c3c(C)c(C)cc(C)c3C)C2=O)cc1. The molecule has 2 unspecified atom stereocenters. The lowest BCUT2D eigenvalue weighted by atomic mass is 10.0. The Labute approximate surface area is 229 Å². The van der Waals surface area contributed by atoms with Crippen LogP contribution in [0.3, 0.4) is 0 Å². The minimum Gasteiger partial charge on any atom is -0.326 e. The highest BCUT2D eigenvalue weighted by atomic mass is 32.2. The number of hydrogen-bond donors (Lipinski definition) is 1. The number of anilines is 2. The third kappa shape index (κ3) is 5.24. The topological polar surface area (TPSA) is 104 Å². The second-order valence-corrected chi connectivity index (χ2v) is 11.8. The molecule has 0 aliphatic carbocycles. The van der Waals surface area contributed by atoms with Crippen molar-refractivity contribution in [2.24, 2.45) is 0 Å². The van der Waals surface area contributed by atoms with Gasteiger partial charge in [0.25, 0.3) is 5.91 Å². The maximum Gasteiger partial charge on any atom is 0.252 e. The van der Waals surface area contributed by atoms with E-state index in [1.165, 1.54) is 11.2 Å². The van der Waals surface area contributed by atoms with E-state index in [2.05, 4.69) is 5.32 Å². The van der Waals surface area contributed by atoms with Crippen molar-refractivity contribution in [2.45, 2.75) is 64.9 Å². The Morgan fingerprint density at radius 3 is 2.05 bits per heavy atom. The van der Waals surface area contributed by atoms with Gasteiger partial charge in [-0.25, -0.2) is 13.3 Å². The Hall–Kier alpha value is -3.82. The maximum atomic E-state index is 14.5. The summed E-state index contributed by atoms with van der Waals surface area (Å²) in [5.74, 6) is -1.35. The number of carbonyl (C=O) groups excluding carboxylic acids is 3. The molecule has 0 aromatic heterocycles. The fourth-order valence-electron chi connectivity index (χ4n) is 5.18. The zero-order valence-electron chi connectivity index (χ0n) is 23.0. The van der Waals surface area contributed by atoms with Crippen LogP contribution in [-0.2, 0) is 24.4 Å². The summed E-state index contributed by atoms with van der Waals surface area (Å²) in [6.45, 7) is 10.4. The number of sulfonamides is 1. The predicted octanol–water partition coefficient (Wildman–Crippen LogP) is 4.96. The van der Waals surface area contributed by atoms with Crippen molar-refractivity contribution < 1.29 is 22.8 Å². The lowest BCUT2D eigenvalue weighted by molar-refractivity contribution is -0.122. The van der Waals surface area contributed by atoms with E-state index in [1.54, 1.807) is 45.0 Å². The molecule has 2 atom stereocenters. The molecule has 0 radical (unpaired) electrons. The summed E-state index contributed by atoms with van der Waals surface area (Å²) >= 11 is 0. The van der Waals surface area contributed by atoms with Gasteiger partial charge in [0.1, 0.15) is 6.04 Å². The summed E-state index contributed by atoms with van der Waals surface area (Å²) in [6, 6.07) is 15.4. The van der Waals surface area contributed by atoms with E-state index < -0.39 is 33.9 Å². The Bertz CT molecular complexity index is 1520. The highest BCUT2D eigenvalue weighted by Crippen LogP contribution is 2.38. The van der Waals surface area contributed by atoms with Crippen LogP contribution >= 0.6 is 0 Å². The van der Waals surface area contributed by atoms with Gasteiger partial charge in [0.2, 0.25) is 21.8 Å². The van der Waals surface area contributed by atoms with Gasteiger partial charge < -0.3 is 5.32 Å². The Kier molecular flexibility index (Phi) is 7.77. The standard InChI is InChI=1S/C30H33N3O5S/c1-18-16-19(2)21(4)29(20(18)3)39(37,38)33(22(5)24-10-8-7-9-11-24)27-17-28(35)32(30(27)36)26-14-12-25(13-15-26)31-23(6)34/h7-16,22,27H,17H2,1-6H3,(H,31,34). The fraction of sp³-hybridized carbons (Fsp3) is 0.300. The van der Waals surface area contributed by atoms with E-state index in [9.17, 15) is 22.8 Å². The Morgan fingerprint density at radius 1 is 0.949 bits per heavy atom. The molecule has 1 N–H and O–H groups in total. The van der Waals surface area contributed by atoms with Crippen LogP contribution in [0.2, 0.25) is 0 Å². The number of aryl methyl sites for hydroxylation is 2. The van der Waals surface area contributed by atoms with Gasteiger partial charge in [-0.1, -0.05) is 36.4 Å². The van der Waals surface area contributed by atoms with Gasteiger partial charge >= 0.3 is 0 Å². The van der Waals surface area contributed by atoms with Gasteiger partial charge in [-0.2, -0.15) is 4.31 Å². The number of imide groups is 1. The third-order valence-corrected chi connectivity index (χ3v) is 9.63. The molecule has 0 bridgehead atoms. The van der Waals surface area contributed by atoms with Gasteiger partial charge in [0.05, 0.1) is 17.0 Å². The number of nitrogens with zero attached hydrogens (tertiary/aromatic N) is 2. The van der Waals surface area contributed by atoms with Gasteiger partial charge in [0.15, 0.2) is 0 Å². The highest BCUT2D eigenvalue weighted by Gasteiger charge is 2.49. The van der Waals surface area contributed by atoms with Crippen LogP contribution < -0.4 is 10.2 Å². The van der Waals surface area contributed by atoms with Crippen LogP contribution in [0.15, 0.2) is 65.6 Å². The summed E-state index contributed by atoms with van der Waals surface area (Å²) in [5.41, 5.74) is 4.43. The highest BCUT2D eigenvalue weighted by molar-refractivity contribution is 7.89. The van der Waals surface area contributed by atoms with E-state index in [1.807, 2.05) is 50.2 Å². The van der Waals surface area contributed by atoms with Gasteiger partial charge in [-0.15, -0.1) is 0 Å². The van der Waals surface area contributed by atoms with Crippen LogP contribution in [0.5, 0.6) is 0 Å². The quantitative estimate of drug-likeness (QED) is 0.421. The first-order chi connectivity index (χ1) is 18.3. The Balaban J connectivity index is 1.83. The average Bonchev–Trinajstić information content (AvgIpc) is 3.16. The number of amides is 3. The molecule has 204 valence electrons. The summed E-state index contributed by atoms with van der Waals surface area (Å²) in [7, 11) is -4.23. The van der Waals surface area contributed by atoms with Crippen molar-refractivity contribution in [3.05, 3.63) is 88.5 Å². The molecule has 39 heavy (non-hydrogen) atoms. The first kappa shape index (κ1) is 28.2. The molecule has 4 rings (SSSR count). The lowest BCUT2D eigenvalue weighted by Gasteiger charge is -2.34. The first-order valence-corrected chi connectivity index (χ1v) is 14.2. The summed E-state index contributed by atoms with van der Waals surface area (Å²) in [5, 5.41) is 2.65. The number of benzene rings is 3. The second kappa shape index (κ2) is 10.7. The molecule has 1 fully saturated rings. The van der Waals surface area contributed by atoms with Gasteiger partial charge in [0, 0.05) is 18.7 Å². The molecule has 8 nitrogen and oxygen atoms in total. The first-order valence-electron chi connectivity index (χ1n) is 12.7. The summed E-state index contributed by atoms with van der Waals surface area (Å²) in [4.78, 5) is 39.7. The molecule has 1 aliphatic heterocycles. The predicted molar refractivity (Wildman–Crippen MR) is 151 cm³/mol. The van der Waals surface area contributed by atoms with Gasteiger partial charge in [-0.3, -0.25) is 14.4 Å². The molecule has 9 heteroatoms. The Morgan fingerprint density at radius 2 is 1.51 bits per heavy atom.